The molecule has 0 N–H and O–H groups in total. The standard InChI is InChI=1S/C14H17FN2O2/c1-10-6-16(7-11(2)17(10)9-19)13-4-3-12(8-18)14(15)5-13/h3-5,8-11H,6-7H2,1-2H3. The van der Waals surface area contributed by atoms with Crippen LogP contribution in [0.3, 0.4) is 0 Å². The third-order valence-electron chi connectivity index (χ3n) is 3.59. The van der Waals surface area contributed by atoms with Crippen LogP contribution in [0.15, 0.2) is 18.2 Å². The van der Waals surface area contributed by atoms with Crippen molar-refractivity contribution in [2.45, 2.75) is 25.9 Å². The van der Waals surface area contributed by atoms with E-state index in [0.29, 0.717) is 19.4 Å². The van der Waals surface area contributed by atoms with Crippen molar-refractivity contribution in [1.29, 1.82) is 0 Å². The number of aldehydes is 1. The van der Waals surface area contributed by atoms with Gasteiger partial charge in [-0.2, -0.15) is 0 Å². The molecule has 1 saturated heterocycles. The Morgan fingerprint density at radius 1 is 1.21 bits per heavy atom. The first-order chi connectivity index (χ1) is 9.06. The molecule has 0 aliphatic carbocycles. The molecule has 1 aliphatic heterocycles. The molecule has 0 radical (unpaired) electrons. The van der Waals surface area contributed by atoms with E-state index in [-0.39, 0.29) is 17.6 Å². The molecule has 4 nitrogen and oxygen atoms in total. The lowest BCUT2D eigenvalue weighted by Gasteiger charge is -2.43. The fraction of sp³-hybridized carbons (Fsp3) is 0.429. The number of amides is 1. The van der Waals surface area contributed by atoms with E-state index in [1.54, 1.807) is 11.0 Å². The van der Waals surface area contributed by atoms with Gasteiger partial charge in [0, 0.05) is 30.9 Å². The molecule has 1 heterocycles. The van der Waals surface area contributed by atoms with Crippen molar-refractivity contribution in [3.8, 4) is 0 Å². The predicted molar refractivity (Wildman–Crippen MR) is 70.8 cm³/mol. The largest absolute Gasteiger partial charge is 0.367 e. The molecule has 1 aliphatic rings. The molecule has 0 bridgehead atoms. The summed E-state index contributed by atoms with van der Waals surface area (Å²) in [6, 6.07) is 4.76. The maximum Gasteiger partial charge on any atom is 0.210 e. The Morgan fingerprint density at radius 2 is 1.84 bits per heavy atom. The van der Waals surface area contributed by atoms with Crippen LogP contribution in [0.25, 0.3) is 0 Å². The van der Waals surface area contributed by atoms with Gasteiger partial charge in [0.05, 0.1) is 5.56 Å². The van der Waals surface area contributed by atoms with Gasteiger partial charge in [-0.25, -0.2) is 4.39 Å². The molecule has 2 atom stereocenters. The minimum atomic E-state index is -0.509. The van der Waals surface area contributed by atoms with Gasteiger partial charge in [0.1, 0.15) is 5.82 Å². The number of piperazine rings is 1. The van der Waals surface area contributed by atoms with Crippen molar-refractivity contribution in [2.75, 3.05) is 18.0 Å². The van der Waals surface area contributed by atoms with Crippen LogP contribution in [0.2, 0.25) is 0 Å². The van der Waals surface area contributed by atoms with Gasteiger partial charge in [0.25, 0.3) is 0 Å². The third-order valence-corrected chi connectivity index (χ3v) is 3.59. The van der Waals surface area contributed by atoms with Crippen LogP contribution in [0.5, 0.6) is 0 Å². The first-order valence-electron chi connectivity index (χ1n) is 6.29. The van der Waals surface area contributed by atoms with Crippen LogP contribution in [0, 0.1) is 5.82 Å². The molecule has 5 heteroatoms. The van der Waals surface area contributed by atoms with Gasteiger partial charge >= 0.3 is 0 Å². The quantitative estimate of drug-likeness (QED) is 0.780. The number of anilines is 1. The maximum absolute atomic E-state index is 13.6. The Labute approximate surface area is 111 Å². The summed E-state index contributed by atoms with van der Waals surface area (Å²) in [5.41, 5.74) is 0.809. The number of halogens is 1. The highest BCUT2D eigenvalue weighted by Gasteiger charge is 2.28. The Bertz CT molecular complexity index is 480. The Balaban J connectivity index is 2.21. The molecule has 1 aromatic carbocycles. The minimum absolute atomic E-state index is 0.0661. The Morgan fingerprint density at radius 3 is 2.32 bits per heavy atom. The van der Waals surface area contributed by atoms with Crippen molar-refractivity contribution in [2.24, 2.45) is 0 Å². The minimum Gasteiger partial charge on any atom is -0.367 e. The fourth-order valence-corrected chi connectivity index (χ4v) is 2.56. The van der Waals surface area contributed by atoms with E-state index in [2.05, 4.69) is 0 Å². The zero-order chi connectivity index (χ0) is 14.0. The number of rotatable bonds is 3. The second-order valence-electron chi connectivity index (χ2n) is 4.98. The molecular weight excluding hydrogens is 247 g/mol. The van der Waals surface area contributed by atoms with E-state index >= 15 is 0 Å². The van der Waals surface area contributed by atoms with Crippen LogP contribution in [-0.2, 0) is 4.79 Å². The smallest absolute Gasteiger partial charge is 0.210 e. The Hall–Kier alpha value is -1.91. The number of carbonyl (C=O) groups excluding carboxylic acids is 2. The molecule has 19 heavy (non-hydrogen) atoms. The van der Waals surface area contributed by atoms with E-state index in [9.17, 15) is 14.0 Å². The zero-order valence-electron chi connectivity index (χ0n) is 11.0. The lowest BCUT2D eigenvalue weighted by Crippen LogP contribution is -2.56. The molecule has 2 unspecified atom stereocenters. The van der Waals surface area contributed by atoms with Gasteiger partial charge in [-0.05, 0) is 32.0 Å². The van der Waals surface area contributed by atoms with Crippen LogP contribution in [0.4, 0.5) is 10.1 Å². The van der Waals surface area contributed by atoms with Gasteiger partial charge in [-0.3, -0.25) is 9.59 Å². The second kappa shape index (κ2) is 5.38. The summed E-state index contributed by atoms with van der Waals surface area (Å²) in [4.78, 5) is 25.4. The lowest BCUT2D eigenvalue weighted by atomic mass is 10.1. The average Bonchev–Trinajstić information content (AvgIpc) is 2.38. The third kappa shape index (κ3) is 2.59. The van der Waals surface area contributed by atoms with E-state index in [4.69, 9.17) is 0 Å². The normalized spacial score (nSPS) is 23.3. The van der Waals surface area contributed by atoms with E-state index < -0.39 is 5.82 Å². The summed E-state index contributed by atoms with van der Waals surface area (Å²) in [5.74, 6) is -0.509. The lowest BCUT2D eigenvalue weighted by molar-refractivity contribution is -0.122. The summed E-state index contributed by atoms with van der Waals surface area (Å²) >= 11 is 0. The van der Waals surface area contributed by atoms with Crippen molar-refractivity contribution in [1.82, 2.24) is 4.90 Å². The van der Waals surface area contributed by atoms with E-state index in [0.717, 1.165) is 12.1 Å². The predicted octanol–water partition coefficient (Wildman–Crippen LogP) is 1.69. The first-order valence-corrected chi connectivity index (χ1v) is 6.29. The van der Waals surface area contributed by atoms with Gasteiger partial charge in [0.15, 0.2) is 6.29 Å². The van der Waals surface area contributed by atoms with E-state index in [1.165, 1.54) is 12.1 Å². The van der Waals surface area contributed by atoms with E-state index in [1.807, 2.05) is 18.7 Å². The SMILES string of the molecule is CC1CN(c2ccc(C=O)c(F)c2)CC(C)N1C=O. The summed E-state index contributed by atoms with van der Waals surface area (Å²) in [5, 5.41) is 0. The monoisotopic (exact) mass is 264 g/mol. The van der Waals surface area contributed by atoms with Crippen molar-refractivity contribution >= 4 is 18.4 Å². The number of benzene rings is 1. The molecule has 1 fully saturated rings. The van der Waals surface area contributed by atoms with Crippen LogP contribution < -0.4 is 4.90 Å². The highest BCUT2D eigenvalue weighted by Crippen LogP contribution is 2.23. The molecule has 0 spiro atoms. The fourth-order valence-electron chi connectivity index (χ4n) is 2.56. The summed E-state index contributed by atoms with van der Waals surface area (Å²) in [6.45, 7) is 5.24. The van der Waals surface area contributed by atoms with Crippen LogP contribution >= 0.6 is 0 Å². The van der Waals surface area contributed by atoms with Crippen LogP contribution in [-0.4, -0.2) is 42.8 Å². The number of carbonyl (C=O) groups is 2. The maximum atomic E-state index is 13.6. The van der Waals surface area contributed by atoms with Gasteiger partial charge in [-0.15, -0.1) is 0 Å². The number of nitrogens with zero attached hydrogens (tertiary/aromatic N) is 2. The summed E-state index contributed by atoms with van der Waals surface area (Å²) < 4.78 is 13.6. The number of hydrogen-bond donors (Lipinski definition) is 0. The average molecular weight is 264 g/mol. The molecule has 2 rings (SSSR count). The summed E-state index contributed by atoms with van der Waals surface area (Å²) in [6.07, 6.45) is 1.37. The van der Waals surface area contributed by atoms with Crippen molar-refractivity contribution in [3.05, 3.63) is 29.6 Å². The summed E-state index contributed by atoms with van der Waals surface area (Å²) in [7, 11) is 0. The van der Waals surface area contributed by atoms with Crippen LogP contribution in [0.1, 0.15) is 24.2 Å². The van der Waals surface area contributed by atoms with Crippen molar-refractivity contribution in [3.63, 3.8) is 0 Å². The topological polar surface area (TPSA) is 40.6 Å². The molecule has 1 aromatic rings. The molecule has 0 aromatic heterocycles. The molecule has 102 valence electrons. The number of hydrogen-bond acceptors (Lipinski definition) is 3. The highest BCUT2D eigenvalue weighted by atomic mass is 19.1. The second-order valence-corrected chi connectivity index (χ2v) is 4.98. The molecule has 1 amide bonds. The zero-order valence-corrected chi connectivity index (χ0v) is 11.0. The van der Waals surface area contributed by atoms with Gasteiger partial charge < -0.3 is 9.80 Å². The molecule has 0 saturated carbocycles. The first kappa shape index (κ1) is 13.5. The Kier molecular flexibility index (Phi) is 3.83. The highest BCUT2D eigenvalue weighted by molar-refractivity contribution is 5.76. The van der Waals surface area contributed by atoms with Crippen molar-refractivity contribution < 1.29 is 14.0 Å². The van der Waals surface area contributed by atoms with Gasteiger partial charge in [0.2, 0.25) is 6.41 Å². The molecular formula is C14H17FN2O2. The van der Waals surface area contributed by atoms with Gasteiger partial charge in [-0.1, -0.05) is 0 Å².